The van der Waals surface area contributed by atoms with Crippen LogP contribution in [-0.2, 0) is 0 Å². The van der Waals surface area contributed by atoms with Crippen LogP contribution in [0, 0.1) is 6.92 Å². The van der Waals surface area contributed by atoms with E-state index < -0.39 is 0 Å². The van der Waals surface area contributed by atoms with Gasteiger partial charge in [0.15, 0.2) is 5.82 Å². The van der Waals surface area contributed by atoms with Crippen molar-refractivity contribution < 1.29 is 0 Å². The molecule has 0 atom stereocenters. The summed E-state index contributed by atoms with van der Waals surface area (Å²) < 4.78 is 3.00. The van der Waals surface area contributed by atoms with Gasteiger partial charge in [0.1, 0.15) is 0 Å². The van der Waals surface area contributed by atoms with Crippen LogP contribution in [0.5, 0.6) is 0 Å². The molecule has 0 aliphatic carbocycles. The van der Waals surface area contributed by atoms with Crippen molar-refractivity contribution in [3.8, 4) is 11.4 Å². The molecule has 4 rings (SSSR count). The first kappa shape index (κ1) is 15.2. The third kappa shape index (κ3) is 2.79. The Hall–Kier alpha value is -2.31. The van der Waals surface area contributed by atoms with Gasteiger partial charge < -0.3 is 0 Å². The smallest absolute Gasteiger partial charge is 0.266 e. The summed E-state index contributed by atoms with van der Waals surface area (Å²) in [6.07, 6.45) is 1.88. The first-order valence-electron chi connectivity index (χ1n) is 7.34. The molecule has 0 saturated heterocycles. The van der Waals surface area contributed by atoms with Crippen LogP contribution in [0.4, 0.5) is 0 Å². The molecule has 4 nitrogen and oxygen atoms in total. The van der Waals surface area contributed by atoms with Crippen LogP contribution >= 0.6 is 27.3 Å². The third-order valence-electron chi connectivity index (χ3n) is 3.66. The Bertz CT molecular complexity index is 1130. The Balaban J connectivity index is 1.79. The maximum Gasteiger partial charge on any atom is 0.291 e. The minimum absolute atomic E-state index is 0.133. The molecule has 0 fully saturated rings. The van der Waals surface area contributed by atoms with E-state index in [-0.39, 0.29) is 5.56 Å². The van der Waals surface area contributed by atoms with Crippen LogP contribution < -0.4 is 10.1 Å². The zero-order valence-electron chi connectivity index (χ0n) is 12.7. The van der Waals surface area contributed by atoms with Gasteiger partial charge in [-0.25, -0.2) is 0 Å². The quantitative estimate of drug-likeness (QED) is 0.520. The van der Waals surface area contributed by atoms with Crippen LogP contribution in [0.25, 0.3) is 22.4 Å². The molecule has 0 amide bonds. The molecule has 0 aliphatic heterocycles. The summed E-state index contributed by atoms with van der Waals surface area (Å²) in [4.78, 5) is 17.6. The second kappa shape index (κ2) is 5.96. The molecule has 2 aromatic heterocycles. The number of nitrogens with zero attached hydrogens (tertiary/aromatic N) is 3. The average Bonchev–Trinajstić information content (AvgIpc) is 3.11. The fraction of sp³-hybridized carbons (Fsp3) is 0.0556. The Morgan fingerprint density at radius 2 is 1.79 bits per heavy atom. The van der Waals surface area contributed by atoms with Crippen molar-refractivity contribution >= 4 is 38.3 Å². The molecule has 6 heteroatoms. The van der Waals surface area contributed by atoms with E-state index in [1.807, 2.05) is 61.5 Å². The van der Waals surface area contributed by atoms with Crippen LogP contribution in [-0.4, -0.2) is 14.6 Å². The molecule has 2 aromatic carbocycles. The van der Waals surface area contributed by atoms with Gasteiger partial charge in [0.25, 0.3) is 5.56 Å². The number of fused-ring (bicyclic) bond motifs is 1. The number of hydrogen-bond donors (Lipinski definition) is 0. The summed E-state index contributed by atoms with van der Waals surface area (Å²) in [7, 11) is 0. The van der Waals surface area contributed by atoms with Crippen molar-refractivity contribution in [1.82, 2.24) is 14.6 Å². The molecule has 4 aromatic rings. The molecule has 118 valence electrons. The van der Waals surface area contributed by atoms with E-state index in [0.29, 0.717) is 15.3 Å². The van der Waals surface area contributed by atoms with Crippen molar-refractivity contribution in [1.29, 1.82) is 0 Å². The number of rotatable bonds is 2. The Labute approximate surface area is 150 Å². The van der Waals surface area contributed by atoms with Crippen molar-refractivity contribution in [2.24, 2.45) is 0 Å². The zero-order chi connectivity index (χ0) is 16.7. The second-order valence-corrected chi connectivity index (χ2v) is 7.39. The van der Waals surface area contributed by atoms with Gasteiger partial charge in [-0.05, 0) is 30.7 Å². The second-order valence-electron chi connectivity index (χ2n) is 5.46. The molecular formula is C18H12BrN3OS. The van der Waals surface area contributed by atoms with E-state index in [2.05, 4.69) is 26.0 Å². The highest BCUT2D eigenvalue weighted by Gasteiger charge is 2.11. The summed E-state index contributed by atoms with van der Waals surface area (Å²) in [6.45, 7) is 2.04. The van der Waals surface area contributed by atoms with Gasteiger partial charge in [-0.1, -0.05) is 69.2 Å². The average molecular weight is 398 g/mol. The lowest BCUT2D eigenvalue weighted by molar-refractivity contribution is 0.937. The third-order valence-corrected chi connectivity index (χ3v) is 5.15. The van der Waals surface area contributed by atoms with Crippen molar-refractivity contribution in [3.63, 3.8) is 0 Å². The van der Waals surface area contributed by atoms with E-state index in [4.69, 9.17) is 0 Å². The van der Waals surface area contributed by atoms with E-state index in [0.717, 1.165) is 15.6 Å². The van der Waals surface area contributed by atoms with Gasteiger partial charge in [0.05, 0.1) is 4.53 Å². The minimum Gasteiger partial charge on any atom is -0.266 e. The maximum atomic E-state index is 12.5. The summed E-state index contributed by atoms with van der Waals surface area (Å²) >= 11 is 4.76. The number of halogens is 1. The summed E-state index contributed by atoms with van der Waals surface area (Å²) in [5.74, 6) is 0.563. The predicted molar refractivity (Wildman–Crippen MR) is 100 cm³/mol. The van der Waals surface area contributed by atoms with Crippen molar-refractivity contribution in [2.45, 2.75) is 6.92 Å². The lowest BCUT2D eigenvalue weighted by Crippen LogP contribution is -2.23. The number of hydrogen-bond acceptors (Lipinski definition) is 4. The highest BCUT2D eigenvalue weighted by atomic mass is 79.9. The van der Waals surface area contributed by atoms with Gasteiger partial charge in [-0.2, -0.15) is 9.50 Å². The van der Waals surface area contributed by atoms with Crippen LogP contribution in [0.3, 0.4) is 0 Å². The number of aryl methyl sites for hydroxylation is 1. The number of aromatic nitrogens is 3. The van der Waals surface area contributed by atoms with E-state index >= 15 is 0 Å². The molecule has 2 heterocycles. The zero-order valence-corrected chi connectivity index (χ0v) is 15.1. The Morgan fingerprint density at radius 1 is 1.08 bits per heavy atom. The summed E-state index contributed by atoms with van der Waals surface area (Å²) in [5.41, 5.74) is 2.94. The van der Waals surface area contributed by atoms with Gasteiger partial charge in [-0.15, -0.1) is 5.10 Å². The lowest BCUT2D eigenvalue weighted by atomic mass is 10.1. The Morgan fingerprint density at radius 3 is 2.46 bits per heavy atom. The van der Waals surface area contributed by atoms with Crippen LogP contribution in [0.15, 0.2) is 57.8 Å². The van der Waals surface area contributed by atoms with Gasteiger partial charge >= 0.3 is 0 Å². The molecule has 0 saturated carbocycles. The SMILES string of the molecule is Cc1ccc(C=c2sc3nc(-c4ccc(Br)cc4)nn3c2=O)cc1. The molecule has 0 radical (unpaired) electrons. The lowest BCUT2D eigenvalue weighted by Gasteiger charge is -1.94. The highest BCUT2D eigenvalue weighted by molar-refractivity contribution is 9.10. The summed E-state index contributed by atoms with van der Waals surface area (Å²) in [6, 6.07) is 15.8. The summed E-state index contributed by atoms with van der Waals surface area (Å²) in [5, 5.41) is 4.36. The first-order valence-corrected chi connectivity index (χ1v) is 8.95. The van der Waals surface area contributed by atoms with Gasteiger partial charge in [-0.3, -0.25) is 4.79 Å². The molecule has 0 aliphatic rings. The van der Waals surface area contributed by atoms with E-state index in [1.165, 1.54) is 21.4 Å². The molecule has 0 N–H and O–H groups in total. The van der Waals surface area contributed by atoms with E-state index in [1.54, 1.807) is 0 Å². The predicted octanol–water partition coefficient (Wildman–Crippen LogP) is 3.44. The topological polar surface area (TPSA) is 47.3 Å². The van der Waals surface area contributed by atoms with Crippen LogP contribution in [0.1, 0.15) is 11.1 Å². The number of thiazole rings is 1. The molecular weight excluding hydrogens is 386 g/mol. The fourth-order valence-electron chi connectivity index (χ4n) is 2.37. The normalized spacial score (nSPS) is 12.2. The molecule has 0 bridgehead atoms. The molecule has 24 heavy (non-hydrogen) atoms. The molecule has 0 unspecified atom stereocenters. The minimum atomic E-state index is -0.133. The van der Waals surface area contributed by atoms with Crippen molar-refractivity contribution in [3.05, 3.63) is 79.0 Å². The Kier molecular flexibility index (Phi) is 3.78. The first-order chi connectivity index (χ1) is 11.6. The van der Waals surface area contributed by atoms with Crippen molar-refractivity contribution in [2.75, 3.05) is 0 Å². The highest BCUT2D eigenvalue weighted by Crippen LogP contribution is 2.19. The van der Waals surface area contributed by atoms with Gasteiger partial charge in [0, 0.05) is 10.0 Å². The molecule has 0 spiro atoms. The monoisotopic (exact) mass is 397 g/mol. The maximum absolute atomic E-state index is 12.5. The number of benzene rings is 2. The standard InChI is InChI=1S/C18H12BrN3OS/c1-11-2-4-12(5-3-11)10-15-17(23)22-18(24-15)20-16(21-22)13-6-8-14(19)9-7-13/h2-10H,1H3. The largest absolute Gasteiger partial charge is 0.291 e. The van der Waals surface area contributed by atoms with Gasteiger partial charge in [0.2, 0.25) is 4.96 Å². The van der Waals surface area contributed by atoms with Crippen LogP contribution in [0.2, 0.25) is 0 Å². The fourth-order valence-corrected chi connectivity index (χ4v) is 3.54. The van der Waals surface area contributed by atoms with E-state index in [9.17, 15) is 4.79 Å².